The van der Waals surface area contributed by atoms with E-state index in [0.717, 1.165) is 16.7 Å². The summed E-state index contributed by atoms with van der Waals surface area (Å²) in [5, 5.41) is 12.2. The molecule has 0 fully saturated rings. The van der Waals surface area contributed by atoms with E-state index in [9.17, 15) is 9.90 Å². The van der Waals surface area contributed by atoms with Crippen LogP contribution in [0.5, 0.6) is 5.88 Å². The van der Waals surface area contributed by atoms with Gasteiger partial charge in [-0.05, 0) is 25.0 Å². The van der Waals surface area contributed by atoms with Crippen molar-refractivity contribution in [2.75, 3.05) is 18.7 Å². The molecule has 0 bridgehead atoms. The smallest absolute Gasteiger partial charge is 0.394 e. The molecule has 0 saturated heterocycles. The third-order valence-electron chi connectivity index (χ3n) is 4.09. The molecule has 0 spiro atoms. The molecule has 2 aromatic heterocycles. The van der Waals surface area contributed by atoms with E-state index in [0.29, 0.717) is 18.2 Å². The predicted octanol–water partition coefficient (Wildman–Crippen LogP) is 2.97. The number of aliphatic hydroxyl groups excluding tert-OH is 1. The van der Waals surface area contributed by atoms with E-state index in [4.69, 9.17) is 9.57 Å². The highest BCUT2D eigenvalue weighted by atomic mass is 16.6. The molecule has 1 atom stereocenters. The summed E-state index contributed by atoms with van der Waals surface area (Å²) in [6.45, 7) is 3.96. The van der Waals surface area contributed by atoms with Crippen LogP contribution in [0.2, 0.25) is 0 Å². The average Bonchev–Trinajstić information content (AvgIpc) is 3.20. The third kappa shape index (κ3) is 5.31. The van der Waals surface area contributed by atoms with Gasteiger partial charge >= 0.3 is 6.09 Å². The normalized spacial score (nSPS) is 11.7. The first-order valence-electron chi connectivity index (χ1n) is 9.15. The quantitative estimate of drug-likeness (QED) is 0.431. The number of hydrogen-bond acceptors (Lipinski definition) is 7. The molecule has 4 N–H and O–H groups in total. The number of rotatable bonds is 8. The van der Waals surface area contributed by atoms with E-state index in [2.05, 4.69) is 25.7 Å². The zero-order chi connectivity index (χ0) is 20.6. The second-order valence-electron chi connectivity index (χ2n) is 6.19. The second-order valence-corrected chi connectivity index (χ2v) is 6.19. The molecule has 0 radical (unpaired) electrons. The number of aromatic nitrogens is 3. The van der Waals surface area contributed by atoms with Crippen LogP contribution in [0, 0.1) is 6.92 Å². The van der Waals surface area contributed by atoms with Gasteiger partial charge in [-0.1, -0.05) is 30.3 Å². The van der Waals surface area contributed by atoms with Gasteiger partial charge in [0.1, 0.15) is 0 Å². The third-order valence-corrected chi connectivity index (χ3v) is 4.09. The summed E-state index contributed by atoms with van der Waals surface area (Å²) in [5.41, 5.74) is 5.70. The van der Waals surface area contributed by atoms with Gasteiger partial charge in [-0.2, -0.15) is 0 Å². The molecule has 9 nitrogen and oxygen atoms in total. The fourth-order valence-electron chi connectivity index (χ4n) is 2.68. The predicted molar refractivity (Wildman–Crippen MR) is 107 cm³/mol. The van der Waals surface area contributed by atoms with Crippen molar-refractivity contribution in [2.24, 2.45) is 0 Å². The van der Waals surface area contributed by atoms with E-state index in [1.807, 2.05) is 44.2 Å². The lowest BCUT2D eigenvalue weighted by Crippen LogP contribution is -2.33. The Kier molecular flexibility index (Phi) is 6.77. The first-order chi connectivity index (χ1) is 14.1. The maximum atomic E-state index is 12.2. The van der Waals surface area contributed by atoms with Gasteiger partial charge in [0.2, 0.25) is 11.8 Å². The SMILES string of the molecule is CCONc1ncc(C)c(-c2c[nH]c(OC(=O)NC(CO)c3ccccc3)c2)n1. The van der Waals surface area contributed by atoms with Crippen molar-refractivity contribution in [3.05, 3.63) is 59.9 Å². The van der Waals surface area contributed by atoms with Crippen molar-refractivity contribution in [3.8, 4) is 17.1 Å². The van der Waals surface area contributed by atoms with Crippen molar-refractivity contribution in [1.29, 1.82) is 0 Å². The van der Waals surface area contributed by atoms with Crippen LogP contribution in [0.4, 0.5) is 10.7 Å². The van der Waals surface area contributed by atoms with Crippen molar-refractivity contribution >= 4 is 12.0 Å². The number of ether oxygens (including phenoxy) is 1. The lowest BCUT2D eigenvalue weighted by molar-refractivity contribution is 0.182. The molecule has 2 heterocycles. The maximum Gasteiger partial charge on any atom is 0.414 e. The summed E-state index contributed by atoms with van der Waals surface area (Å²) in [6, 6.07) is 10.3. The minimum atomic E-state index is -0.681. The highest BCUT2D eigenvalue weighted by Crippen LogP contribution is 2.25. The van der Waals surface area contributed by atoms with Gasteiger partial charge in [-0.15, -0.1) is 0 Å². The molecule has 3 aromatic rings. The summed E-state index contributed by atoms with van der Waals surface area (Å²) >= 11 is 0. The van der Waals surface area contributed by atoms with E-state index >= 15 is 0 Å². The highest BCUT2D eigenvalue weighted by Gasteiger charge is 2.16. The molecule has 0 aliphatic carbocycles. The van der Waals surface area contributed by atoms with E-state index in [1.165, 1.54) is 0 Å². The van der Waals surface area contributed by atoms with Crippen molar-refractivity contribution in [2.45, 2.75) is 19.9 Å². The van der Waals surface area contributed by atoms with Crippen molar-refractivity contribution < 1.29 is 19.5 Å². The number of carbonyl (C=O) groups is 1. The fraction of sp³-hybridized carbons (Fsp3) is 0.250. The Morgan fingerprint density at radius 3 is 2.83 bits per heavy atom. The number of aromatic amines is 1. The number of hydrogen-bond donors (Lipinski definition) is 4. The van der Waals surface area contributed by atoms with Gasteiger partial charge in [-0.3, -0.25) is 4.84 Å². The molecule has 0 aliphatic heterocycles. The summed E-state index contributed by atoms with van der Waals surface area (Å²) in [7, 11) is 0. The van der Waals surface area contributed by atoms with Gasteiger partial charge in [0, 0.05) is 24.0 Å². The van der Waals surface area contributed by atoms with Crippen LogP contribution < -0.4 is 15.5 Å². The molecule has 29 heavy (non-hydrogen) atoms. The minimum Gasteiger partial charge on any atom is -0.394 e. The summed E-state index contributed by atoms with van der Waals surface area (Å²) < 4.78 is 5.30. The van der Waals surface area contributed by atoms with Crippen LogP contribution in [0.15, 0.2) is 48.8 Å². The Bertz CT molecular complexity index is 945. The number of carbonyl (C=O) groups excluding carboxylic acids is 1. The van der Waals surface area contributed by atoms with Gasteiger partial charge < -0.3 is 20.1 Å². The number of aliphatic hydroxyl groups is 1. The monoisotopic (exact) mass is 397 g/mol. The zero-order valence-corrected chi connectivity index (χ0v) is 16.2. The van der Waals surface area contributed by atoms with Crippen LogP contribution >= 0.6 is 0 Å². The number of benzene rings is 1. The van der Waals surface area contributed by atoms with Gasteiger partial charge in [0.25, 0.3) is 0 Å². The molecule has 9 heteroatoms. The Balaban J connectivity index is 1.68. The summed E-state index contributed by atoms with van der Waals surface area (Å²) in [4.78, 5) is 28.8. The fourth-order valence-corrected chi connectivity index (χ4v) is 2.68. The molecular weight excluding hydrogens is 374 g/mol. The number of aryl methyl sites for hydroxylation is 1. The Labute approximate surface area is 168 Å². The average molecular weight is 397 g/mol. The minimum absolute atomic E-state index is 0.245. The topological polar surface area (TPSA) is 121 Å². The number of nitrogens with zero attached hydrogens (tertiary/aromatic N) is 2. The van der Waals surface area contributed by atoms with E-state index in [-0.39, 0.29) is 12.5 Å². The lowest BCUT2D eigenvalue weighted by atomic mass is 10.1. The second kappa shape index (κ2) is 9.67. The molecule has 1 aromatic carbocycles. The van der Waals surface area contributed by atoms with Crippen LogP contribution in [0.3, 0.4) is 0 Å². The lowest BCUT2D eigenvalue weighted by Gasteiger charge is -2.15. The number of H-pyrrole nitrogens is 1. The molecule has 152 valence electrons. The van der Waals surface area contributed by atoms with E-state index < -0.39 is 12.1 Å². The standard InChI is InChI=1S/C20H23N5O4/c1-3-28-25-19-22-10-13(2)18(24-19)15-9-17(21-11-15)29-20(27)23-16(12-26)14-7-5-4-6-8-14/h4-11,16,21,26H,3,12H2,1-2H3,(H,23,27)(H,22,24,25). The Morgan fingerprint density at radius 1 is 1.31 bits per heavy atom. The van der Waals surface area contributed by atoms with Crippen molar-refractivity contribution in [3.63, 3.8) is 0 Å². The van der Waals surface area contributed by atoms with E-state index in [1.54, 1.807) is 18.5 Å². The number of anilines is 1. The maximum absolute atomic E-state index is 12.2. The van der Waals surface area contributed by atoms with Gasteiger partial charge in [0.05, 0.1) is 24.9 Å². The first-order valence-corrected chi connectivity index (χ1v) is 9.15. The zero-order valence-electron chi connectivity index (χ0n) is 16.2. The van der Waals surface area contributed by atoms with Gasteiger partial charge in [0.15, 0.2) is 0 Å². The van der Waals surface area contributed by atoms with Crippen LogP contribution in [0.25, 0.3) is 11.3 Å². The Hall–Kier alpha value is -3.43. The molecule has 0 aliphatic rings. The van der Waals surface area contributed by atoms with Crippen LogP contribution in [0.1, 0.15) is 24.1 Å². The van der Waals surface area contributed by atoms with Gasteiger partial charge in [-0.25, -0.2) is 20.2 Å². The first kappa shape index (κ1) is 20.3. The molecule has 3 rings (SSSR count). The number of amides is 1. The summed E-state index contributed by atoms with van der Waals surface area (Å²) in [5.74, 6) is 0.585. The van der Waals surface area contributed by atoms with Crippen LogP contribution in [-0.4, -0.2) is 39.4 Å². The van der Waals surface area contributed by atoms with Crippen LogP contribution in [-0.2, 0) is 4.84 Å². The molecular formula is C20H23N5O4. The highest BCUT2D eigenvalue weighted by molar-refractivity contribution is 5.72. The largest absolute Gasteiger partial charge is 0.414 e. The molecule has 1 amide bonds. The Morgan fingerprint density at radius 2 is 2.10 bits per heavy atom. The summed E-state index contributed by atoms with van der Waals surface area (Å²) in [6.07, 6.45) is 2.68. The molecule has 1 unspecified atom stereocenters. The van der Waals surface area contributed by atoms with Crippen molar-refractivity contribution in [1.82, 2.24) is 20.3 Å². The number of nitrogens with one attached hydrogen (secondary N) is 3. The molecule has 0 saturated carbocycles.